The van der Waals surface area contributed by atoms with Crippen LogP contribution in [0.1, 0.15) is 26.2 Å². The van der Waals surface area contributed by atoms with Gasteiger partial charge in [-0.25, -0.2) is 4.79 Å². The standard InChI is InChI=1S/C11H16O4/c1-7-5-8(10(12)13)3-4-9(6-7)11(14)15-2/h6-8H,3-5H2,1-2H3,(H,12,13)/p-1/t7-,8-/m1/s1. The van der Waals surface area contributed by atoms with Crippen molar-refractivity contribution in [1.29, 1.82) is 0 Å². The maximum Gasteiger partial charge on any atom is 0.333 e. The summed E-state index contributed by atoms with van der Waals surface area (Å²) in [6.45, 7) is 1.89. The van der Waals surface area contributed by atoms with E-state index in [0.717, 1.165) is 0 Å². The summed E-state index contributed by atoms with van der Waals surface area (Å²) in [5, 5.41) is 10.7. The minimum atomic E-state index is -1.03. The van der Waals surface area contributed by atoms with Gasteiger partial charge in [-0.1, -0.05) is 13.0 Å². The Hall–Kier alpha value is -1.32. The first-order chi connectivity index (χ1) is 7.04. The predicted octanol–water partition coefficient (Wildman–Crippen LogP) is 0.272. The van der Waals surface area contributed by atoms with Crippen LogP contribution in [0.2, 0.25) is 0 Å². The number of methoxy groups -OCH3 is 1. The lowest BCUT2D eigenvalue weighted by molar-refractivity contribution is -0.312. The second kappa shape index (κ2) is 4.96. The molecular formula is C11H15O4-. The number of aliphatic carboxylic acids is 1. The Bertz CT molecular complexity index is 293. The highest BCUT2D eigenvalue weighted by atomic mass is 16.5. The highest BCUT2D eigenvalue weighted by Crippen LogP contribution is 2.26. The van der Waals surface area contributed by atoms with Crippen LogP contribution in [0, 0.1) is 11.8 Å². The zero-order valence-electron chi connectivity index (χ0n) is 8.99. The van der Waals surface area contributed by atoms with Crippen LogP contribution in [0.5, 0.6) is 0 Å². The van der Waals surface area contributed by atoms with Crippen molar-refractivity contribution in [2.75, 3.05) is 7.11 Å². The average Bonchev–Trinajstić information content (AvgIpc) is 2.38. The van der Waals surface area contributed by atoms with Crippen LogP contribution >= 0.6 is 0 Å². The van der Waals surface area contributed by atoms with E-state index in [0.29, 0.717) is 24.8 Å². The molecule has 0 fully saturated rings. The van der Waals surface area contributed by atoms with Gasteiger partial charge < -0.3 is 14.6 Å². The highest BCUT2D eigenvalue weighted by molar-refractivity contribution is 5.88. The molecule has 4 heteroatoms. The van der Waals surface area contributed by atoms with E-state index in [-0.39, 0.29) is 11.9 Å². The number of hydrogen-bond donors (Lipinski definition) is 0. The van der Waals surface area contributed by atoms with Gasteiger partial charge in [0, 0.05) is 11.5 Å². The Kier molecular flexibility index (Phi) is 3.88. The molecule has 1 aliphatic carbocycles. The van der Waals surface area contributed by atoms with E-state index in [1.165, 1.54) is 7.11 Å². The normalized spacial score (nSPS) is 26.4. The first kappa shape index (κ1) is 11.8. The molecule has 0 saturated heterocycles. The fraction of sp³-hybridized carbons (Fsp3) is 0.636. The second-order valence-corrected chi connectivity index (χ2v) is 3.95. The second-order valence-electron chi connectivity index (χ2n) is 3.95. The van der Waals surface area contributed by atoms with Gasteiger partial charge in [-0.15, -0.1) is 0 Å². The van der Waals surface area contributed by atoms with Crippen LogP contribution in [0.3, 0.4) is 0 Å². The maximum absolute atomic E-state index is 11.3. The van der Waals surface area contributed by atoms with E-state index >= 15 is 0 Å². The number of allylic oxidation sites excluding steroid dienone is 1. The van der Waals surface area contributed by atoms with Crippen LogP contribution in [0.4, 0.5) is 0 Å². The first-order valence-corrected chi connectivity index (χ1v) is 5.04. The summed E-state index contributed by atoms with van der Waals surface area (Å²) in [6.07, 6.45) is 3.24. The van der Waals surface area contributed by atoms with Crippen LogP contribution in [-0.2, 0) is 14.3 Å². The summed E-state index contributed by atoms with van der Waals surface area (Å²) >= 11 is 0. The third kappa shape index (κ3) is 3.08. The van der Waals surface area contributed by atoms with Gasteiger partial charge in [0.1, 0.15) is 0 Å². The van der Waals surface area contributed by atoms with Crippen molar-refractivity contribution in [2.45, 2.75) is 26.2 Å². The average molecular weight is 211 g/mol. The van der Waals surface area contributed by atoms with Crippen LogP contribution in [0.15, 0.2) is 11.6 Å². The van der Waals surface area contributed by atoms with E-state index < -0.39 is 11.9 Å². The van der Waals surface area contributed by atoms with Crippen molar-refractivity contribution in [3.8, 4) is 0 Å². The Morgan fingerprint density at radius 1 is 1.53 bits per heavy atom. The van der Waals surface area contributed by atoms with Gasteiger partial charge in [0.05, 0.1) is 7.11 Å². The molecule has 15 heavy (non-hydrogen) atoms. The Morgan fingerprint density at radius 3 is 2.73 bits per heavy atom. The highest BCUT2D eigenvalue weighted by Gasteiger charge is 2.21. The molecule has 4 nitrogen and oxygen atoms in total. The van der Waals surface area contributed by atoms with Gasteiger partial charge in [-0.2, -0.15) is 0 Å². The van der Waals surface area contributed by atoms with Crippen molar-refractivity contribution in [2.24, 2.45) is 11.8 Å². The lowest BCUT2D eigenvalue weighted by Gasteiger charge is -2.17. The summed E-state index contributed by atoms with van der Waals surface area (Å²) in [5.74, 6) is -1.77. The molecule has 0 N–H and O–H groups in total. The summed E-state index contributed by atoms with van der Waals surface area (Å²) in [6, 6.07) is 0. The van der Waals surface area contributed by atoms with Gasteiger partial charge in [0.25, 0.3) is 0 Å². The molecule has 0 amide bonds. The molecular weight excluding hydrogens is 196 g/mol. The Balaban J connectivity index is 2.73. The molecule has 0 spiro atoms. The molecule has 0 bridgehead atoms. The number of esters is 1. The fourth-order valence-corrected chi connectivity index (χ4v) is 1.91. The minimum absolute atomic E-state index is 0.0736. The molecule has 0 saturated carbocycles. The summed E-state index contributed by atoms with van der Waals surface area (Å²) in [5.41, 5.74) is 0.578. The summed E-state index contributed by atoms with van der Waals surface area (Å²) in [7, 11) is 1.33. The monoisotopic (exact) mass is 211 g/mol. The minimum Gasteiger partial charge on any atom is -0.550 e. The fourth-order valence-electron chi connectivity index (χ4n) is 1.91. The van der Waals surface area contributed by atoms with E-state index in [2.05, 4.69) is 4.74 Å². The lowest BCUT2D eigenvalue weighted by Crippen LogP contribution is -2.31. The van der Waals surface area contributed by atoms with Gasteiger partial charge in [0.15, 0.2) is 0 Å². The zero-order chi connectivity index (χ0) is 11.4. The van der Waals surface area contributed by atoms with Crippen molar-refractivity contribution >= 4 is 11.9 Å². The maximum atomic E-state index is 11.3. The number of carbonyl (C=O) groups excluding carboxylic acids is 2. The molecule has 0 aromatic heterocycles. The van der Waals surface area contributed by atoms with Crippen molar-refractivity contribution < 1.29 is 19.4 Å². The SMILES string of the molecule is COC(=O)C1=C[C@H](C)C[C@H](C(=O)[O-])CC1. The molecule has 1 aliphatic rings. The molecule has 0 aromatic carbocycles. The van der Waals surface area contributed by atoms with E-state index in [4.69, 9.17) is 0 Å². The van der Waals surface area contributed by atoms with E-state index in [9.17, 15) is 14.7 Å². The molecule has 0 aliphatic heterocycles. The zero-order valence-corrected chi connectivity index (χ0v) is 8.99. The molecule has 0 radical (unpaired) electrons. The number of carboxylic acids is 1. The van der Waals surface area contributed by atoms with Crippen molar-refractivity contribution in [1.82, 2.24) is 0 Å². The van der Waals surface area contributed by atoms with Crippen LogP contribution in [-0.4, -0.2) is 19.0 Å². The van der Waals surface area contributed by atoms with Gasteiger partial charge in [-0.05, 0) is 31.1 Å². The van der Waals surface area contributed by atoms with Gasteiger partial charge in [0.2, 0.25) is 0 Å². The number of rotatable bonds is 2. The van der Waals surface area contributed by atoms with Gasteiger partial charge in [-0.3, -0.25) is 0 Å². The molecule has 0 heterocycles. The molecule has 0 aromatic rings. The number of ether oxygens (including phenoxy) is 1. The predicted molar refractivity (Wildman–Crippen MR) is 51.6 cm³/mol. The number of hydrogen-bond acceptors (Lipinski definition) is 4. The molecule has 1 rings (SSSR count). The number of carboxylic acid groups (broad SMARTS) is 1. The smallest absolute Gasteiger partial charge is 0.333 e. The lowest BCUT2D eigenvalue weighted by atomic mass is 9.95. The number of carbonyl (C=O) groups is 2. The Labute approximate surface area is 88.9 Å². The molecule has 84 valence electrons. The summed E-state index contributed by atoms with van der Waals surface area (Å²) < 4.78 is 4.62. The van der Waals surface area contributed by atoms with E-state index in [1.807, 2.05) is 6.92 Å². The van der Waals surface area contributed by atoms with Crippen molar-refractivity contribution in [3.63, 3.8) is 0 Å². The molecule has 2 atom stereocenters. The topological polar surface area (TPSA) is 66.4 Å². The van der Waals surface area contributed by atoms with Crippen LogP contribution < -0.4 is 5.11 Å². The van der Waals surface area contributed by atoms with Crippen LogP contribution in [0.25, 0.3) is 0 Å². The summed E-state index contributed by atoms with van der Waals surface area (Å²) in [4.78, 5) is 22.0. The van der Waals surface area contributed by atoms with E-state index in [1.54, 1.807) is 6.08 Å². The molecule has 0 unspecified atom stereocenters. The largest absolute Gasteiger partial charge is 0.550 e. The quantitative estimate of drug-likeness (QED) is 0.615. The van der Waals surface area contributed by atoms with Crippen molar-refractivity contribution in [3.05, 3.63) is 11.6 Å². The third-order valence-electron chi connectivity index (χ3n) is 2.69. The Morgan fingerprint density at radius 2 is 2.20 bits per heavy atom. The first-order valence-electron chi connectivity index (χ1n) is 5.04. The third-order valence-corrected chi connectivity index (χ3v) is 2.69. The van der Waals surface area contributed by atoms with Gasteiger partial charge >= 0.3 is 5.97 Å².